The molecule has 0 saturated carbocycles. The van der Waals surface area contributed by atoms with Crippen molar-refractivity contribution in [2.75, 3.05) is 31.6 Å². The van der Waals surface area contributed by atoms with Crippen LogP contribution in [0.25, 0.3) is 0 Å². The van der Waals surface area contributed by atoms with Crippen LogP contribution >= 0.6 is 0 Å². The summed E-state index contributed by atoms with van der Waals surface area (Å²) >= 11 is 0. The van der Waals surface area contributed by atoms with Crippen LogP contribution in [0.4, 0.5) is 11.4 Å². The predicted octanol–water partition coefficient (Wildman–Crippen LogP) is 3.29. The van der Waals surface area contributed by atoms with Crippen LogP contribution in [0.1, 0.15) is 30.4 Å². The van der Waals surface area contributed by atoms with Crippen LogP contribution in [-0.4, -0.2) is 50.3 Å². The Bertz CT molecular complexity index is 1190. The van der Waals surface area contributed by atoms with E-state index in [9.17, 15) is 23.3 Å². The van der Waals surface area contributed by atoms with Crippen molar-refractivity contribution in [3.8, 4) is 5.75 Å². The molecule has 0 atom stereocenters. The van der Waals surface area contributed by atoms with Gasteiger partial charge in [0.05, 0.1) is 16.9 Å². The van der Waals surface area contributed by atoms with Crippen molar-refractivity contribution in [3.05, 3.63) is 57.6 Å². The van der Waals surface area contributed by atoms with Gasteiger partial charge in [-0.2, -0.15) is 4.31 Å². The van der Waals surface area contributed by atoms with E-state index in [0.717, 1.165) is 35.9 Å². The zero-order valence-corrected chi connectivity index (χ0v) is 19.5. The standard InChI is InChI=1S/C23H27N3O6S/c1-16-5-6-19(26(28)29)15-22(16)33(30,31)24-12-9-17(10-13-24)23(27)25-11-3-4-18-14-20(32-2)7-8-21(18)25/h5-8,14-15,17H,3-4,9-13H2,1-2H3. The molecule has 0 radical (unpaired) electrons. The van der Waals surface area contributed by atoms with Gasteiger partial charge in [-0.1, -0.05) is 6.07 Å². The Labute approximate surface area is 193 Å². The third kappa shape index (κ3) is 4.45. The number of methoxy groups -OCH3 is 1. The van der Waals surface area contributed by atoms with Crippen LogP contribution in [0.2, 0.25) is 0 Å². The van der Waals surface area contributed by atoms with Crippen LogP contribution < -0.4 is 9.64 Å². The SMILES string of the molecule is COc1ccc2c(c1)CCCN2C(=O)C1CCN(S(=O)(=O)c2cc([N+](=O)[O-])ccc2C)CC1. The van der Waals surface area contributed by atoms with Crippen molar-refractivity contribution < 1.29 is 22.9 Å². The molecule has 2 aromatic rings. The molecule has 2 aromatic carbocycles. The highest BCUT2D eigenvalue weighted by atomic mass is 32.2. The van der Waals surface area contributed by atoms with Crippen molar-refractivity contribution in [2.24, 2.45) is 5.92 Å². The molecular weight excluding hydrogens is 446 g/mol. The fraction of sp³-hybridized carbons (Fsp3) is 0.435. The van der Waals surface area contributed by atoms with Gasteiger partial charge < -0.3 is 9.64 Å². The van der Waals surface area contributed by atoms with Crippen LogP contribution in [0.3, 0.4) is 0 Å². The minimum absolute atomic E-state index is 0.0182. The van der Waals surface area contributed by atoms with E-state index >= 15 is 0 Å². The number of carbonyl (C=O) groups is 1. The summed E-state index contributed by atoms with van der Waals surface area (Å²) in [6.45, 7) is 2.66. The van der Waals surface area contributed by atoms with Crippen molar-refractivity contribution in [1.29, 1.82) is 0 Å². The number of ether oxygens (including phenoxy) is 1. The molecule has 10 heteroatoms. The normalized spacial score (nSPS) is 17.5. The van der Waals surface area contributed by atoms with Gasteiger partial charge in [0.1, 0.15) is 5.75 Å². The molecule has 2 heterocycles. The largest absolute Gasteiger partial charge is 0.497 e. The van der Waals surface area contributed by atoms with E-state index < -0.39 is 14.9 Å². The molecule has 1 saturated heterocycles. The van der Waals surface area contributed by atoms with Crippen LogP contribution in [-0.2, 0) is 21.2 Å². The summed E-state index contributed by atoms with van der Waals surface area (Å²) in [5, 5.41) is 11.1. The molecule has 176 valence electrons. The van der Waals surface area contributed by atoms with Gasteiger partial charge in [-0.3, -0.25) is 14.9 Å². The first kappa shape index (κ1) is 23.2. The number of sulfonamides is 1. The van der Waals surface area contributed by atoms with E-state index in [-0.39, 0.29) is 35.5 Å². The van der Waals surface area contributed by atoms with E-state index in [1.165, 1.54) is 16.4 Å². The Hall–Kier alpha value is -2.98. The number of aryl methyl sites for hydroxylation is 2. The van der Waals surface area contributed by atoms with Gasteiger partial charge in [-0.05, 0) is 61.9 Å². The molecule has 0 N–H and O–H groups in total. The second-order valence-electron chi connectivity index (χ2n) is 8.47. The Kier molecular flexibility index (Phi) is 6.40. The fourth-order valence-electron chi connectivity index (χ4n) is 4.61. The van der Waals surface area contributed by atoms with Gasteiger partial charge in [0.15, 0.2) is 0 Å². The number of nitro groups is 1. The first-order valence-corrected chi connectivity index (χ1v) is 12.4. The summed E-state index contributed by atoms with van der Waals surface area (Å²) in [4.78, 5) is 25.6. The highest BCUT2D eigenvalue weighted by molar-refractivity contribution is 7.89. The number of fused-ring (bicyclic) bond motifs is 1. The molecule has 1 amide bonds. The van der Waals surface area contributed by atoms with E-state index in [4.69, 9.17) is 4.74 Å². The molecule has 0 aromatic heterocycles. The van der Waals surface area contributed by atoms with Gasteiger partial charge >= 0.3 is 0 Å². The number of nitro benzene ring substituents is 1. The van der Waals surface area contributed by atoms with Crippen LogP contribution in [0.5, 0.6) is 5.75 Å². The molecule has 0 bridgehead atoms. The topological polar surface area (TPSA) is 110 Å². The minimum atomic E-state index is -3.89. The van der Waals surface area contributed by atoms with Gasteiger partial charge in [0.2, 0.25) is 15.9 Å². The predicted molar refractivity (Wildman–Crippen MR) is 123 cm³/mol. The quantitative estimate of drug-likeness (QED) is 0.487. The number of carbonyl (C=O) groups excluding carboxylic acids is 1. The van der Waals surface area contributed by atoms with E-state index in [1.807, 2.05) is 23.1 Å². The van der Waals surface area contributed by atoms with Gasteiger partial charge in [0.25, 0.3) is 5.69 Å². The summed E-state index contributed by atoms with van der Waals surface area (Å²) in [7, 11) is -2.27. The number of hydrogen-bond acceptors (Lipinski definition) is 6. The Morgan fingerprint density at radius 1 is 1.12 bits per heavy atom. The molecule has 4 rings (SSSR count). The first-order chi connectivity index (χ1) is 15.7. The molecular formula is C23H27N3O6S. The summed E-state index contributed by atoms with van der Waals surface area (Å²) in [6.07, 6.45) is 2.57. The monoisotopic (exact) mass is 473 g/mol. The number of amides is 1. The Morgan fingerprint density at radius 3 is 2.52 bits per heavy atom. The summed E-state index contributed by atoms with van der Waals surface area (Å²) in [5.41, 5.74) is 2.17. The maximum absolute atomic E-state index is 13.3. The molecule has 2 aliphatic heterocycles. The average molecular weight is 474 g/mol. The van der Waals surface area contributed by atoms with Crippen molar-refractivity contribution in [3.63, 3.8) is 0 Å². The fourth-order valence-corrected chi connectivity index (χ4v) is 6.33. The number of non-ortho nitro benzene ring substituents is 1. The molecule has 0 spiro atoms. The average Bonchev–Trinajstić information content (AvgIpc) is 2.82. The number of piperidine rings is 1. The number of nitrogens with zero attached hydrogens (tertiary/aromatic N) is 3. The van der Waals surface area contributed by atoms with E-state index in [1.54, 1.807) is 14.0 Å². The van der Waals surface area contributed by atoms with Crippen molar-refractivity contribution >= 4 is 27.3 Å². The third-order valence-electron chi connectivity index (χ3n) is 6.47. The number of rotatable bonds is 5. The van der Waals surface area contributed by atoms with Gasteiger partial charge in [-0.15, -0.1) is 0 Å². The molecule has 2 aliphatic rings. The van der Waals surface area contributed by atoms with Crippen molar-refractivity contribution in [2.45, 2.75) is 37.5 Å². The smallest absolute Gasteiger partial charge is 0.270 e. The number of benzene rings is 2. The summed E-state index contributed by atoms with van der Waals surface area (Å²) < 4.78 is 33.0. The van der Waals surface area contributed by atoms with Crippen LogP contribution in [0.15, 0.2) is 41.3 Å². The molecule has 0 aliphatic carbocycles. The molecule has 9 nitrogen and oxygen atoms in total. The van der Waals surface area contributed by atoms with Gasteiger partial charge in [0, 0.05) is 43.4 Å². The first-order valence-electron chi connectivity index (χ1n) is 11.0. The maximum atomic E-state index is 13.3. The summed E-state index contributed by atoms with van der Waals surface area (Å²) in [5.74, 6) is 0.512. The van der Waals surface area contributed by atoms with Gasteiger partial charge in [-0.25, -0.2) is 8.42 Å². The second kappa shape index (κ2) is 9.11. The highest BCUT2D eigenvalue weighted by Gasteiger charge is 2.36. The lowest BCUT2D eigenvalue weighted by Gasteiger charge is -2.36. The number of hydrogen-bond donors (Lipinski definition) is 0. The molecule has 1 fully saturated rings. The lowest BCUT2D eigenvalue weighted by molar-refractivity contribution is -0.385. The molecule has 0 unspecified atom stereocenters. The number of anilines is 1. The minimum Gasteiger partial charge on any atom is -0.497 e. The maximum Gasteiger partial charge on any atom is 0.270 e. The highest BCUT2D eigenvalue weighted by Crippen LogP contribution is 2.34. The zero-order valence-electron chi connectivity index (χ0n) is 18.7. The zero-order chi connectivity index (χ0) is 23.8. The van der Waals surface area contributed by atoms with Crippen LogP contribution in [0, 0.1) is 23.0 Å². The Balaban J connectivity index is 1.48. The third-order valence-corrected chi connectivity index (χ3v) is 8.52. The Morgan fingerprint density at radius 2 is 1.85 bits per heavy atom. The second-order valence-corrected chi connectivity index (χ2v) is 10.4. The van der Waals surface area contributed by atoms with Crippen molar-refractivity contribution in [1.82, 2.24) is 4.31 Å². The lowest BCUT2D eigenvalue weighted by atomic mass is 9.94. The van der Waals surface area contributed by atoms with E-state index in [0.29, 0.717) is 24.9 Å². The lowest BCUT2D eigenvalue weighted by Crippen LogP contribution is -2.45. The summed E-state index contributed by atoms with van der Waals surface area (Å²) in [6, 6.07) is 9.58. The molecule has 33 heavy (non-hydrogen) atoms. The van der Waals surface area contributed by atoms with E-state index in [2.05, 4.69) is 0 Å².